The van der Waals surface area contributed by atoms with Crippen LogP contribution in [0.3, 0.4) is 0 Å². The summed E-state index contributed by atoms with van der Waals surface area (Å²) in [5.74, 6) is 1.03. The zero-order valence-electron chi connectivity index (χ0n) is 16.8. The van der Waals surface area contributed by atoms with Gasteiger partial charge in [0.25, 0.3) is 0 Å². The topological polar surface area (TPSA) is 89.6 Å². The monoisotopic (exact) mass is 412 g/mol. The SMILES string of the molecule is Cc1nc(NC(=O)N2C3=C(C=CC(C(=O)NCC4CC4)N3)N3CC[C@H]2C3)ccc1F. The molecule has 2 atom stereocenters. The number of amides is 3. The van der Waals surface area contributed by atoms with Crippen molar-refractivity contribution in [1.29, 1.82) is 0 Å². The summed E-state index contributed by atoms with van der Waals surface area (Å²) >= 11 is 0. The van der Waals surface area contributed by atoms with Crippen LogP contribution < -0.4 is 16.0 Å². The van der Waals surface area contributed by atoms with E-state index in [0.717, 1.165) is 25.2 Å². The van der Waals surface area contributed by atoms with Crippen molar-refractivity contribution in [2.45, 2.75) is 38.3 Å². The first-order chi connectivity index (χ1) is 14.5. The van der Waals surface area contributed by atoms with E-state index in [1.807, 2.05) is 12.2 Å². The number of anilines is 1. The molecule has 30 heavy (non-hydrogen) atoms. The molecule has 158 valence electrons. The van der Waals surface area contributed by atoms with E-state index in [0.29, 0.717) is 24.1 Å². The molecule has 1 saturated heterocycles. The van der Waals surface area contributed by atoms with E-state index in [2.05, 4.69) is 25.8 Å². The van der Waals surface area contributed by atoms with Gasteiger partial charge >= 0.3 is 6.03 Å². The Bertz CT molecular complexity index is 957. The Morgan fingerprint density at radius 3 is 2.90 bits per heavy atom. The third-order valence-corrected chi connectivity index (χ3v) is 6.11. The maximum Gasteiger partial charge on any atom is 0.328 e. The first-order valence-corrected chi connectivity index (χ1v) is 10.4. The van der Waals surface area contributed by atoms with E-state index in [-0.39, 0.29) is 23.7 Å². The van der Waals surface area contributed by atoms with Crippen molar-refractivity contribution < 1.29 is 14.0 Å². The van der Waals surface area contributed by atoms with Gasteiger partial charge in [-0.05, 0) is 50.3 Å². The summed E-state index contributed by atoms with van der Waals surface area (Å²) in [5, 5.41) is 9.03. The van der Waals surface area contributed by atoms with Crippen LogP contribution in [0.5, 0.6) is 0 Å². The molecular formula is C21H25FN6O2. The standard InChI is InChI=1S/C21H25FN6O2/c1-12-15(22)4-7-18(24-12)26-21(30)28-14-8-9-27(11-14)17-6-5-16(25-19(17)28)20(29)23-10-13-2-3-13/h4-7,13-14,16,25H,2-3,8-11H2,1H3,(H,23,29)(H,24,26,30)/t14-,16?/m0/s1. The zero-order valence-corrected chi connectivity index (χ0v) is 16.8. The molecule has 4 heterocycles. The molecule has 1 unspecified atom stereocenters. The highest BCUT2D eigenvalue weighted by molar-refractivity contribution is 5.91. The first kappa shape index (κ1) is 18.9. The molecule has 1 saturated carbocycles. The zero-order chi connectivity index (χ0) is 20.8. The number of nitrogens with zero attached hydrogens (tertiary/aromatic N) is 3. The summed E-state index contributed by atoms with van der Waals surface area (Å²) in [5.41, 5.74) is 1.14. The average molecular weight is 412 g/mol. The molecule has 1 aromatic heterocycles. The Morgan fingerprint density at radius 2 is 2.13 bits per heavy atom. The van der Waals surface area contributed by atoms with Gasteiger partial charge in [0.15, 0.2) is 0 Å². The third-order valence-electron chi connectivity index (χ3n) is 6.11. The van der Waals surface area contributed by atoms with E-state index in [1.54, 1.807) is 11.8 Å². The lowest BCUT2D eigenvalue weighted by Gasteiger charge is -2.40. The number of fused-ring (bicyclic) bond motifs is 3. The molecule has 3 aliphatic heterocycles. The van der Waals surface area contributed by atoms with Gasteiger partial charge in [-0.25, -0.2) is 14.2 Å². The maximum atomic E-state index is 13.5. The predicted molar refractivity (Wildman–Crippen MR) is 109 cm³/mol. The van der Waals surface area contributed by atoms with Gasteiger partial charge in [0.2, 0.25) is 5.91 Å². The summed E-state index contributed by atoms with van der Waals surface area (Å²) in [6, 6.07) is 1.87. The number of hydrogen-bond acceptors (Lipinski definition) is 5. The maximum absolute atomic E-state index is 13.5. The van der Waals surface area contributed by atoms with E-state index in [4.69, 9.17) is 0 Å². The average Bonchev–Trinajstić information content (AvgIpc) is 3.48. The highest BCUT2D eigenvalue weighted by Crippen LogP contribution is 2.33. The Morgan fingerprint density at radius 1 is 1.30 bits per heavy atom. The Kier molecular flexibility index (Phi) is 4.60. The van der Waals surface area contributed by atoms with Crippen LogP contribution in [-0.2, 0) is 4.79 Å². The molecule has 4 aliphatic rings. The molecule has 2 bridgehead atoms. The fraction of sp³-hybridized carbons (Fsp3) is 0.476. The van der Waals surface area contributed by atoms with E-state index < -0.39 is 11.9 Å². The summed E-state index contributed by atoms with van der Waals surface area (Å²) in [7, 11) is 0. The van der Waals surface area contributed by atoms with Gasteiger partial charge in [-0.15, -0.1) is 0 Å². The summed E-state index contributed by atoms with van der Waals surface area (Å²) < 4.78 is 13.5. The molecule has 0 aromatic carbocycles. The van der Waals surface area contributed by atoms with Crippen molar-refractivity contribution in [3.05, 3.63) is 47.3 Å². The number of aryl methyl sites for hydroxylation is 1. The van der Waals surface area contributed by atoms with Crippen molar-refractivity contribution in [1.82, 2.24) is 25.4 Å². The number of urea groups is 1. The fourth-order valence-corrected chi connectivity index (χ4v) is 4.22. The van der Waals surface area contributed by atoms with E-state index in [1.165, 1.54) is 25.0 Å². The molecule has 1 aromatic rings. The van der Waals surface area contributed by atoms with Crippen molar-refractivity contribution in [3.8, 4) is 0 Å². The second-order valence-corrected chi connectivity index (χ2v) is 8.36. The molecule has 9 heteroatoms. The van der Waals surface area contributed by atoms with Crippen LogP contribution in [0.2, 0.25) is 0 Å². The number of carbonyl (C=O) groups is 2. The summed E-state index contributed by atoms with van der Waals surface area (Å²) in [6.07, 6.45) is 6.95. The normalized spacial score (nSPS) is 24.5. The Balaban J connectivity index is 1.35. The van der Waals surface area contributed by atoms with Crippen LogP contribution in [-0.4, -0.2) is 58.4 Å². The number of rotatable bonds is 4. The van der Waals surface area contributed by atoms with Crippen LogP contribution in [0.15, 0.2) is 35.8 Å². The quantitative estimate of drug-likeness (QED) is 0.700. The molecule has 2 fully saturated rings. The van der Waals surface area contributed by atoms with Crippen molar-refractivity contribution in [2.75, 3.05) is 25.0 Å². The lowest BCUT2D eigenvalue weighted by Crippen LogP contribution is -2.56. The Labute approximate surface area is 174 Å². The van der Waals surface area contributed by atoms with Gasteiger partial charge < -0.3 is 15.5 Å². The lowest BCUT2D eigenvalue weighted by molar-refractivity contribution is -0.122. The largest absolute Gasteiger partial charge is 0.366 e. The van der Waals surface area contributed by atoms with Crippen LogP contribution >= 0.6 is 0 Å². The third kappa shape index (κ3) is 3.48. The number of pyridine rings is 1. The number of carbonyl (C=O) groups excluding carboxylic acids is 2. The lowest BCUT2D eigenvalue weighted by atomic mass is 10.1. The fourth-order valence-electron chi connectivity index (χ4n) is 4.22. The molecule has 0 radical (unpaired) electrons. The minimum Gasteiger partial charge on any atom is -0.366 e. The number of hydrogen-bond donors (Lipinski definition) is 3. The number of aromatic nitrogens is 1. The van der Waals surface area contributed by atoms with Gasteiger partial charge in [-0.3, -0.25) is 15.0 Å². The van der Waals surface area contributed by atoms with Crippen molar-refractivity contribution in [2.24, 2.45) is 5.92 Å². The van der Waals surface area contributed by atoms with Crippen LogP contribution in [0, 0.1) is 18.7 Å². The van der Waals surface area contributed by atoms with Gasteiger partial charge in [-0.1, -0.05) is 6.08 Å². The Hall–Kier alpha value is -3.10. The number of dihydropyridines is 1. The first-order valence-electron chi connectivity index (χ1n) is 10.4. The smallest absolute Gasteiger partial charge is 0.328 e. The van der Waals surface area contributed by atoms with E-state index in [9.17, 15) is 14.0 Å². The van der Waals surface area contributed by atoms with Gasteiger partial charge in [0, 0.05) is 19.6 Å². The predicted octanol–water partition coefficient (Wildman–Crippen LogP) is 1.67. The van der Waals surface area contributed by atoms with Crippen molar-refractivity contribution in [3.63, 3.8) is 0 Å². The van der Waals surface area contributed by atoms with Gasteiger partial charge in [0.1, 0.15) is 23.5 Å². The molecule has 8 nitrogen and oxygen atoms in total. The number of halogens is 1. The highest BCUT2D eigenvalue weighted by atomic mass is 19.1. The van der Waals surface area contributed by atoms with Crippen LogP contribution in [0.25, 0.3) is 0 Å². The number of nitrogens with one attached hydrogen (secondary N) is 3. The molecule has 1 aliphatic carbocycles. The molecule has 3 N–H and O–H groups in total. The van der Waals surface area contributed by atoms with Crippen LogP contribution in [0.4, 0.5) is 15.0 Å². The molecule has 0 spiro atoms. The minimum atomic E-state index is -0.525. The van der Waals surface area contributed by atoms with E-state index >= 15 is 0 Å². The molecular weight excluding hydrogens is 387 g/mol. The summed E-state index contributed by atoms with van der Waals surface area (Å²) in [4.78, 5) is 33.8. The second-order valence-electron chi connectivity index (χ2n) is 8.36. The minimum absolute atomic E-state index is 0.000490. The highest BCUT2D eigenvalue weighted by Gasteiger charge is 2.42. The number of allylic oxidation sites excluding steroid dienone is 1. The van der Waals surface area contributed by atoms with Gasteiger partial charge in [0.05, 0.1) is 17.4 Å². The van der Waals surface area contributed by atoms with Crippen LogP contribution in [0.1, 0.15) is 25.0 Å². The van der Waals surface area contributed by atoms with Crippen molar-refractivity contribution >= 4 is 17.8 Å². The molecule has 3 amide bonds. The van der Waals surface area contributed by atoms with Gasteiger partial charge in [-0.2, -0.15) is 0 Å². The summed E-state index contributed by atoms with van der Waals surface area (Å²) in [6.45, 7) is 3.85. The molecule has 5 rings (SSSR count). The second kappa shape index (κ2) is 7.30.